The lowest BCUT2D eigenvalue weighted by Gasteiger charge is -2.28. The van der Waals surface area contributed by atoms with Crippen molar-refractivity contribution < 1.29 is 8.94 Å². The zero-order valence-electron chi connectivity index (χ0n) is 12.3. The smallest absolute Gasteiger partial charge is 0.146 e. The summed E-state index contributed by atoms with van der Waals surface area (Å²) in [5, 5.41) is 9.34. The quantitative estimate of drug-likeness (QED) is 0.848. The molecule has 0 saturated carbocycles. The molecule has 0 spiro atoms. The Hall–Kier alpha value is -1.09. The molecule has 0 aliphatic heterocycles. The summed E-state index contributed by atoms with van der Waals surface area (Å²) in [4.78, 5) is 0. The zero-order valence-corrected chi connectivity index (χ0v) is 13.1. The van der Waals surface area contributed by atoms with E-state index in [4.69, 9.17) is 0 Å². The number of nitrogens with zero attached hydrogens (tertiary/aromatic N) is 1. The van der Waals surface area contributed by atoms with Crippen molar-refractivity contribution in [1.82, 2.24) is 4.72 Å². The number of nitrogens with one attached hydrogen (secondary N) is 1. The summed E-state index contributed by atoms with van der Waals surface area (Å²) < 4.78 is 27.6. The highest BCUT2D eigenvalue weighted by atomic mass is 32.2. The van der Waals surface area contributed by atoms with Gasteiger partial charge in [0.25, 0.3) is 0 Å². The fraction of sp³-hybridized carbons (Fsp3) is 0.533. The van der Waals surface area contributed by atoms with E-state index in [0.29, 0.717) is 6.42 Å². The topological polar surface area (TPSA) is 58.9 Å². The normalized spacial score (nSPS) is 16.2. The molecule has 3 nitrogen and oxygen atoms in total. The van der Waals surface area contributed by atoms with E-state index in [1.807, 2.05) is 27.7 Å². The van der Waals surface area contributed by atoms with E-state index >= 15 is 0 Å². The third-order valence-corrected chi connectivity index (χ3v) is 4.65. The maximum Gasteiger partial charge on any atom is 0.146 e. The van der Waals surface area contributed by atoms with Gasteiger partial charge in [-0.05, 0) is 44.9 Å². The van der Waals surface area contributed by atoms with Crippen molar-refractivity contribution >= 4 is 11.4 Å². The van der Waals surface area contributed by atoms with Crippen LogP contribution in [0.3, 0.4) is 0 Å². The summed E-state index contributed by atoms with van der Waals surface area (Å²) in [6.45, 7) is 7.51. The second-order valence-electron chi connectivity index (χ2n) is 5.67. The Morgan fingerprint density at radius 1 is 1.35 bits per heavy atom. The average molecular weight is 296 g/mol. The first-order valence-corrected chi connectivity index (χ1v) is 7.77. The van der Waals surface area contributed by atoms with E-state index in [0.717, 1.165) is 5.56 Å². The van der Waals surface area contributed by atoms with Gasteiger partial charge in [0.1, 0.15) is 16.6 Å². The fourth-order valence-corrected chi connectivity index (χ4v) is 2.67. The van der Waals surface area contributed by atoms with Gasteiger partial charge < -0.3 is 4.55 Å². The molecule has 20 heavy (non-hydrogen) atoms. The minimum absolute atomic E-state index is 0.119. The summed E-state index contributed by atoms with van der Waals surface area (Å²) >= 11 is -1.31. The number of rotatable bonds is 5. The van der Waals surface area contributed by atoms with Gasteiger partial charge in [-0.1, -0.05) is 19.1 Å². The molecule has 0 aromatic heterocycles. The second kappa shape index (κ2) is 7.07. The van der Waals surface area contributed by atoms with Crippen LogP contribution in [-0.4, -0.2) is 15.3 Å². The first-order chi connectivity index (χ1) is 9.29. The van der Waals surface area contributed by atoms with E-state index in [1.54, 1.807) is 12.1 Å². The summed E-state index contributed by atoms with van der Waals surface area (Å²) in [5.41, 5.74) is 0.874. The Labute approximate surface area is 123 Å². The summed E-state index contributed by atoms with van der Waals surface area (Å²) in [7, 11) is 0. The number of halogens is 1. The predicted molar refractivity (Wildman–Crippen MR) is 79.9 cm³/mol. The van der Waals surface area contributed by atoms with E-state index in [9.17, 15) is 14.2 Å². The van der Waals surface area contributed by atoms with Crippen molar-refractivity contribution in [1.29, 1.82) is 5.26 Å². The zero-order chi connectivity index (χ0) is 15.3. The van der Waals surface area contributed by atoms with E-state index in [-0.39, 0.29) is 11.7 Å². The van der Waals surface area contributed by atoms with Crippen LogP contribution in [0.5, 0.6) is 0 Å². The van der Waals surface area contributed by atoms with Gasteiger partial charge in [-0.2, -0.15) is 5.26 Å². The average Bonchev–Trinajstić information content (AvgIpc) is 2.39. The van der Waals surface area contributed by atoms with E-state index in [1.165, 1.54) is 12.1 Å². The van der Waals surface area contributed by atoms with Crippen LogP contribution < -0.4 is 4.72 Å². The molecule has 0 heterocycles. The Morgan fingerprint density at radius 3 is 2.30 bits per heavy atom. The van der Waals surface area contributed by atoms with Crippen molar-refractivity contribution in [2.45, 2.75) is 50.8 Å². The Morgan fingerprint density at radius 2 is 1.90 bits per heavy atom. The highest BCUT2D eigenvalue weighted by Gasteiger charge is 2.32. The number of benzene rings is 1. The minimum Gasteiger partial charge on any atom is -0.598 e. The number of hydrogen-bond acceptors (Lipinski definition) is 3. The Kier molecular flexibility index (Phi) is 6.00. The van der Waals surface area contributed by atoms with Crippen LogP contribution in [0.2, 0.25) is 0 Å². The van der Waals surface area contributed by atoms with Gasteiger partial charge in [-0.3, -0.25) is 0 Å². The van der Waals surface area contributed by atoms with Gasteiger partial charge in [0.15, 0.2) is 0 Å². The first-order valence-electron chi connectivity index (χ1n) is 6.62. The molecule has 0 radical (unpaired) electrons. The Balaban J connectivity index is 2.91. The largest absolute Gasteiger partial charge is 0.598 e. The molecule has 3 atom stereocenters. The maximum absolute atomic E-state index is 13.0. The van der Waals surface area contributed by atoms with Gasteiger partial charge in [-0.15, -0.1) is 4.72 Å². The lowest BCUT2D eigenvalue weighted by molar-refractivity contribution is 0.507. The van der Waals surface area contributed by atoms with Crippen LogP contribution in [0, 0.1) is 17.1 Å². The van der Waals surface area contributed by atoms with Crippen LogP contribution in [-0.2, 0) is 11.4 Å². The minimum atomic E-state index is -1.31. The van der Waals surface area contributed by atoms with Crippen LogP contribution in [0.1, 0.15) is 45.6 Å². The van der Waals surface area contributed by atoms with Gasteiger partial charge in [0, 0.05) is 17.3 Å². The molecule has 0 saturated heterocycles. The molecule has 1 aromatic carbocycles. The van der Waals surface area contributed by atoms with Crippen LogP contribution >= 0.6 is 0 Å². The molecule has 1 rings (SSSR count). The molecule has 0 aliphatic rings. The van der Waals surface area contributed by atoms with Crippen LogP contribution in [0.15, 0.2) is 24.3 Å². The van der Waals surface area contributed by atoms with Crippen molar-refractivity contribution in [3.63, 3.8) is 0 Å². The highest BCUT2D eigenvalue weighted by Crippen LogP contribution is 2.25. The molecule has 1 N–H and O–H groups in total. The molecule has 5 heteroatoms. The predicted octanol–water partition coefficient (Wildman–Crippen LogP) is 3.26. The lowest BCUT2D eigenvalue weighted by Crippen LogP contribution is -2.46. The van der Waals surface area contributed by atoms with Crippen molar-refractivity contribution in [3.8, 4) is 6.07 Å². The Bertz CT molecular complexity index is 464. The van der Waals surface area contributed by atoms with Crippen molar-refractivity contribution in [2.24, 2.45) is 0 Å². The van der Waals surface area contributed by atoms with Crippen molar-refractivity contribution in [2.75, 3.05) is 0 Å². The lowest BCUT2D eigenvalue weighted by atomic mass is 9.90. The van der Waals surface area contributed by atoms with Crippen LogP contribution in [0.25, 0.3) is 0 Å². The second-order valence-corrected chi connectivity index (χ2v) is 7.67. The third-order valence-electron chi connectivity index (χ3n) is 3.07. The molecule has 1 aromatic rings. The van der Waals surface area contributed by atoms with E-state index in [2.05, 4.69) is 10.8 Å². The summed E-state index contributed by atoms with van der Waals surface area (Å²) in [5.74, 6) is -0.421. The maximum atomic E-state index is 13.0. The first kappa shape index (κ1) is 17.0. The van der Waals surface area contributed by atoms with Gasteiger partial charge in [-0.25, -0.2) is 4.39 Å². The highest BCUT2D eigenvalue weighted by molar-refractivity contribution is 7.90. The molecule has 0 amide bonds. The fourth-order valence-electron chi connectivity index (χ4n) is 1.86. The molecule has 0 fully saturated rings. The van der Waals surface area contributed by atoms with Gasteiger partial charge in [0.2, 0.25) is 0 Å². The third kappa shape index (κ3) is 4.48. The molecule has 1 unspecified atom stereocenters. The summed E-state index contributed by atoms with van der Waals surface area (Å²) in [6.07, 6.45) is 0.707. The molecule has 110 valence electrons. The molecule has 0 bridgehead atoms. The van der Waals surface area contributed by atoms with E-state index < -0.39 is 22.2 Å². The van der Waals surface area contributed by atoms with Gasteiger partial charge >= 0.3 is 0 Å². The summed E-state index contributed by atoms with van der Waals surface area (Å²) in [6, 6.07) is 7.72. The molecular weight excluding hydrogens is 275 g/mol. The van der Waals surface area contributed by atoms with Crippen molar-refractivity contribution in [3.05, 3.63) is 35.6 Å². The standard InChI is InChI=1S/C15H21FN2OS/c1-5-13(11-6-8-12(16)9-7-11)14(10-17)18-20(19)15(2,3)4/h6-9,13-14,18H,5H2,1-4H3/t13-,14+,20?/m0/s1. The van der Waals surface area contributed by atoms with Gasteiger partial charge in [0.05, 0.1) is 6.07 Å². The molecule has 0 aliphatic carbocycles. The number of nitriles is 1. The SMILES string of the molecule is CC[C@@H](c1ccc(F)cc1)[C@@H](C#N)N[S+]([O-])C(C)(C)C. The molecular formula is C15H21FN2OS. The van der Waals surface area contributed by atoms with Crippen LogP contribution in [0.4, 0.5) is 4.39 Å². The number of hydrogen-bond donors (Lipinski definition) is 1. The monoisotopic (exact) mass is 296 g/mol.